The van der Waals surface area contributed by atoms with Crippen molar-refractivity contribution in [3.63, 3.8) is 0 Å². The monoisotopic (exact) mass is 404 g/mol. The number of benzene rings is 1. The molecule has 3 fully saturated rings. The molecule has 0 aromatic heterocycles. The maximum absolute atomic E-state index is 12.8. The second-order valence-electron chi connectivity index (χ2n) is 7.75. The molecule has 1 aliphatic carbocycles. The summed E-state index contributed by atoms with van der Waals surface area (Å²) < 4.78 is 69.5. The third kappa shape index (κ3) is 4.01. The van der Waals surface area contributed by atoms with Gasteiger partial charge in [0.25, 0.3) is 0 Å². The minimum absolute atomic E-state index is 0.00593. The molecule has 2 aliphatic heterocycles. The van der Waals surface area contributed by atoms with Crippen molar-refractivity contribution < 1.29 is 26.3 Å². The summed E-state index contributed by atoms with van der Waals surface area (Å²) in [6.45, 7) is 2.82. The SMILES string of the molecule is O=S(=O)(c1ccc(C(F)(F)F)cc1)C1COC2(CCN(CC3CC3)CC2)N1. The number of hydrogen-bond acceptors (Lipinski definition) is 5. The van der Waals surface area contributed by atoms with Gasteiger partial charge in [-0.3, -0.25) is 5.32 Å². The molecule has 3 aliphatic rings. The zero-order valence-electron chi connectivity index (χ0n) is 14.8. The Morgan fingerprint density at radius 2 is 1.78 bits per heavy atom. The highest BCUT2D eigenvalue weighted by Gasteiger charge is 2.47. The van der Waals surface area contributed by atoms with Crippen LogP contribution < -0.4 is 5.32 Å². The first-order valence-electron chi connectivity index (χ1n) is 9.23. The summed E-state index contributed by atoms with van der Waals surface area (Å²) >= 11 is 0. The van der Waals surface area contributed by atoms with Crippen molar-refractivity contribution in [3.8, 4) is 0 Å². The van der Waals surface area contributed by atoms with Gasteiger partial charge in [0.15, 0.2) is 9.84 Å². The van der Waals surface area contributed by atoms with Gasteiger partial charge in [-0.05, 0) is 43.0 Å². The van der Waals surface area contributed by atoms with Crippen LogP contribution in [0.15, 0.2) is 29.2 Å². The number of hydrogen-bond donors (Lipinski definition) is 1. The van der Waals surface area contributed by atoms with Crippen molar-refractivity contribution in [1.29, 1.82) is 0 Å². The van der Waals surface area contributed by atoms with E-state index in [2.05, 4.69) is 10.2 Å². The van der Waals surface area contributed by atoms with E-state index in [1.165, 1.54) is 12.8 Å². The van der Waals surface area contributed by atoms with Gasteiger partial charge < -0.3 is 9.64 Å². The third-order valence-electron chi connectivity index (χ3n) is 5.70. The van der Waals surface area contributed by atoms with E-state index in [9.17, 15) is 21.6 Å². The lowest BCUT2D eigenvalue weighted by atomic mass is 10.0. The molecule has 27 heavy (non-hydrogen) atoms. The highest BCUT2D eigenvalue weighted by atomic mass is 32.2. The van der Waals surface area contributed by atoms with Gasteiger partial charge in [-0.15, -0.1) is 0 Å². The van der Waals surface area contributed by atoms with E-state index < -0.39 is 32.7 Å². The normalized spacial score (nSPS) is 26.6. The van der Waals surface area contributed by atoms with Gasteiger partial charge in [0.05, 0.1) is 17.1 Å². The van der Waals surface area contributed by atoms with Gasteiger partial charge in [-0.1, -0.05) is 0 Å². The summed E-state index contributed by atoms with van der Waals surface area (Å²) in [6.07, 6.45) is -0.485. The van der Waals surface area contributed by atoms with Gasteiger partial charge in [-0.25, -0.2) is 8.42 Å². The fraction of sp³-hybridized carbons (Fsp3) is 0.667. The number of likely N-dealkylation sites (tertiary alicyclic amines) is 1. The Bertz CT molecular complexity index is 783. The largest absolute Gasteiger partial charge is 0.416 e. The van der Waals surface area contributed by atoms with E-state index in [1.807, 2.05) is 0 Å². The molecule has 9 heteroatoms. The molecular weight excluding hydrogens is 381 g/mol. The van der Waals surface area contributed by atoms with Crippen molar-refractivity contribution in [1.82, 2.24) is 10.2 Å². The Morgan fingerprint density at radius 3 is 2.33 bits per heavy atom. The molecule has 1 aromatic carbocycles. The van der Waals surface area contributed by atoms with Crippen molar-refractivity contribution in [2.24, 2.45) is 5.92 Å². The van der Waals surface area contributed by atoms with Crippen LogP contribution in [0.1, 0.15) is 31.2 Å². The molecule has 1 saturated carbocycles. The number of nitrogens with zero attached hydrogens (tertiary/aromatic N) is 1. The molecule has 1 N–H and O–H groups in total. The summed E-state index contributed by atoms with van der Waals surface area (Å²) in [7, 11) is -3.82. The lowest BCUT2D eigenvalue weighted by molar-refractivity contribution is -0.137. The van der Waals surface area contributed by atoms with E-state index in [1.54, 1.807) is 0 Å². The maximum atomic E-state index is 12.8. The molecule has 0 radical (unpaired) electrons. The minimum atomic E-state index is -4.49. The summed E-state index contributed by atoms with van der Waals surface area (Å²) in [5.74, 6) is 0.810. The Hall–Kier alpha value is -1.16. The van der Waals surface area contributed by atoms with Crippen LogP contribution >= 0.6 is 0 Å². The first-order valence-corrected chi connectivity index (χ1v) is 10.8. The van der Waals surface area contributed by atoms with Gasteiger partial charge >= 0.3 is 6.18 Å². The molecule has 0 amide bonds. The second kappa shape index (κ2) is 6.72. The number of piperidine rings is 1. The van der Waals surface area contributed by atoms with E-state index >= 15 is 0 Å². The molecule has 1 aromatic rings. The number of halogens is 3. The fourth-order valence-electron chi connectivity index (χ4n) is 3.83. The molecule has 1 unspecified atom stereocenters. The highest BCUT2D eigenvalue weighted by molar-refractivity contribution is 7.92. The minimum Gasteiger partial charge on any atom is -0.358 e. The van der Waals surface area contributed by atoms with Gasteiger partial charge in [0.2, 0.25) is 0 Å². The Morgan fingerprint density at radius 1 is 1.15 bits per heavy atom. The van der Waals surface area contributed by atoms with Gasteiger partial charge in [0, 0.05) is 32.5 Å². The average molecular weight is 404 g/mol. The van der Waals surface area contributed by atoms with Crippen LogP contribution in [-0.4, -0.2) is 50.7 Å². The average Bonchev–Trinajstić information content (AvgIpc) is 3.35. The Labute approximate surface area is 156 Å². The van der Waals surface area contributed by atoms with Crippen LogP contribution in [0, 0.1) is 5.92 Å². The zero-order chi connectivity index (χ0) is 19.3. The topological polar surface area (TPSA) is 58.6 Å². The number of ether oxygens (including phenoxy) is 1. The Kier molecular flexibility index (Phi) is 4.77. The summed E-state index contributed by atoms with van der Waals surface area (Å²) in [4.78, 5) is 2.27. The molecular formula is C18H23F3N2O3S. The molecule has 1 spiro atoms. The number of alkyl halides is 3. The fourth-order valence-corrected chi connectivity index (χ4v) is 5.29. The molecule has 4 rings (SSSR count). The quantitative estimate of drug-likeness (QED) is 0.836. The Balaban J connectivity index is 1.41. The van der Waals surface area contributed by atoms with Gasteiger partial charge in [-0.2, -0.15) is 13.2 Å². The summed E-state index contributed by atoms with van der Waals surface area (Å²) in [5.41, 5.74) is -1.51. The molecule has 1 atom stereocenters. The van der Waals surface area contributed by atoms with Crippen molar-refractivity contribution in [3.05, 3.63) is 29.8 Å². The number of nitrogens with one attached hydrogen (secondary N) is 1. The van der Waals surface area contributed by atoms with E-state index in [0.717, 1.165) is 49.8 Å². The van der Waals surface area contributed by atoms with E-state index in [-0.39, 0.29) is 11.5 Å². The van der Waals surface area contributed by atoms with Crippen LogP contribution in [0.25, 0.3) is 0 Å². The lowest BCUT2D eigenvalue weighted by Crippen LogP contribution is -2.53. The van der Waals surface area contributed by atoms with E-state index in [0.29, 0.717) is 12.8 Å². The molecule has 2 heterocycles. The standard InChI is InChI=1S/C18H23F3N2O3S/c19-18(20,21)14-3-5-15(6-4-14)27(24,25)16-12-26-17(22-16)7-9-23(10-8-17)11-13-1-2-13/h3-6,13,16,22H,1-2,7-12H2. The van der Waals surface area contributed by atoms with Crippen molar-refractivity contribution in [2.75, 3.05) is 26.2 Å². The number of rotatable bonds is 4. The van der Waals surface area contributed by atoms with Gasteiger partial charge in [0.1, 0.15) is 11.1 Å². The predicted octanol–water partition coefficient (Wildman–Crippen LogP) is 2.63. The summed E-state index contributed by atoms with van der Waals surface area (Å²) in [6, 6.07) is 3.63. The molecule has 0 bridgehead atoms. The van der Waals surface area contributed by atoms with Crippen LogP contribution in [0.3, 0.4) is 0 Å². The smallest absolute Gasteiger partial charge is 0.358 e. The zero-order valence-corrected chi connectivity index (χ0v) is 15.7. The predicted molar refractivity (Wildman–Crippen MR) is 92.6 cm³/mol. The molecule has 150 valence electrons. The first-order chi connectivity index (χ1) is 12.7. The molecule has 2 saturated heterocycles. The van der Waals surface area contributed by atoms with E-state index in [4.69, 9.17) is 4.74 Å². The maximum Gasteiger partial charge on any atom is 0.416 e. The molecule has 5 nitrogen and oxygen atoms in total. The van der Waals surface area contributed by atoms with Crippen LogP contribution in [-0.2, 0) is 20.8 Å². The highest BCUT2D eigenvalue weighted by Crippen LogP contribution is 2.35. The van der Waals surface area contributed by atoms with Crippen LogP contribution in [0.5, 0.6) is 0 Å². The van der Waals surface area contributed by atoms with Crippen LogP contribution in [0.4, 0.5) is 13.2 Å². The third-order valence-corrected chi connectivity index (χ3v) is 7.63. The van der Waals surface area contributed by atoms with Crippen molar-refractivity contribution in [2.45, 2.75) is 47.9 Å². The van der Waals surface area contributed by atoms with Crippen molar-refractivity contribution >= 4 is 9.84 Å². The van der Waals surface area contributed by atoms with Crippen LogP contribution in [0.2, 0.25) is 0 Å². The number of sulfone groups is 1. The first kappa shape index (κ1) is 19.2. The lowest BCUT2D eigenvalue weighted by Gasteiger charge is -2.38. The second-order valence-corrected chi connectivity index (χ2v) is 9.88. The summed E-state index contributed by atoms with van der Waals surface area (Å²) in [5, 5.41) is 2.18.